The molecule has 0 saturated heterocycles. The van der Waals surface area contributed by atoms with Crippen LogP contribution in [0.25, 0.3) is 0 Å². The maximum absolute atomic E-state index is 12.4. The molecule has 0 bridgehead atoms. The Bertz CT molecular complexity index is 193. The van der Waals surface area contributed by atoms with Crippen molar-refractivity contribution in [3.8, 4) is 0 Å². The maximum atomic E-state index is 12.4. The second-order valence-electron chi connectivity index (χ2n) is 3.71. The van der Waals surface area contributed by atoms with Crippen molar-refractivity contribution >= 4 is 17.7 Å². The van der Waals surface area contributed by atoms with E-state index in [4.69, 9.17) is 4.74 Å². The molecular formula is C11H20F2O2S. The number of alkyl halides is 2. The van der Waals surface area contributed by atoms with Gasteiger partial charge in [-0.2, -0.15) is 11.8 Å². The molecule has 0 aromatic heterocycles. The molecule has 0 heterocycles. The Kier molecular flexibility index (Phi) is 8.61. The molecule has 0 N–H and O–H groups in total. The van der Waals surface area contributed by atoms with Gasteiger partial charge in [0.25, 0.3) is 0 Å². The molecule has 0 fully saturated rings. The predicted octanol–water partition coefficient (Wildman–Crippen LogP) is 3.50. The molecule has 0 aromatic rings. The molecule has 0 aromatic carbocycles. The van der Waals surface area contributed by atoms with Crippen molar-refractivity contribution in [2.24, 2.45) is 0 Å². The fourth-order valence-corrected chi connectivity index (χ4v) is 1.87. The van der Waals surface area contributed by atoms with Crippen LogP contribution in [0.3, 0.4) is 0 Å². The summed E-state index contributed by atoms with van der Waals surface area (Å²) in [6.45, 7) is 3.12. The lowest BCUT2D eigenvalue weighted by atomic mass is 10.2. The molecule has 0 radical (unpaired) electrons. The van der Waals surface area contributed by atoms with Gasteiger partial charge in [-0.25, -0.2) is 8.78 Å². The molecule has 0 rings (SSSR count). The van der Waals surface area contributed by atoms with Crippen molar-refractivity contribution in [2.45, 2.75) is 45.5 Å². The zero-order valence-electron chi connectivity index (χ0n) is 9.93. The highest BCUT2D eigenvalue weighted by molar-refractivity contribution is 7.99. The smallest absolute Gasteiger partial charge is 0.305 e. The number of unbranched alkanes of at least 4 members (excludes halogenated alkanes) is 1. The lowest BCUT2D eigenvalue weighted by Crippen LogP contribution is -2.09. The quantitative estimate of drug-likeness (QED) is 0.465. The normalized spacial score (nSPS) is 11.5. The molecule has 0 aliphatic heterocycles. The van der Waals surface area contributed by atoms with E-state index in [-0.39, 0.29) is 12.4 Å². The summed E-state index contributed by atoms with van der Waals surface area (Å²) in [4.78, 5) is 10.7. The van der Waals surface area contributed by atoms with Crippen molar-refractivity contribution in [1.29, 1.82) is 0 Å². The minimum atomic E-state index is -2.54. The first-order valence-corrected chi connectivity index (χ1v) is 6.72. The van der Waals surface area contributed by atoms with E-state index in [0.717, 1.165) is 24.9 Å². The summed E-state index contributed by atoms with van der Waals surface area (Å²) in [7, 11) is 0. The number of thioether (sulfide) groups is 1. The second kappa shape index (κ2) is 8.79. The highest BCUT2D eigenvalue weighted by Crippen LogP contribution is 2.20. The minimum absolute atomic E-state index is 0.0433. The third-order valence-electron chi connectivity index (χ3n) is 1.93. The van der Waals surface area contributed by atoms with Gasteiger partial charge in [-0.05, 0) is 25.5 Å². The Morgan fingerprint density at radius 1 is 1.31 bits per heavy atom. The van der Waals surface area contributed by atoms with Gasteiger partial charge in [0.2, 0.25) is 5.92 Å². The fourth-order valence-electron chi connectivity index (χ4n) is 1.06. The Morgan fingerprint density at radius 3 is 2.56 bits per heavy atom. The van der Waals surface area contributed by atoms with E-state index in [0.29, 0.717) is 19.4 Å². The summed E-state index contributed by atoms with van der Waals surface area (Å²) < 4.78 is 29.7. The van der Waals surface area contributed by atoms with Gasteiger partial charge >= 0.3 is 5.97 Å². The summed E-state index contributed by atoms with van der Waals surface area (Å²) in [5, 5.41) is 0. The van der Waals surface area contributed by atoms with Crippen LogP contribution < -0.4 is 0 Å². The van der Waals surface area contributed by atoms with E-state index in [2.05, 4.69) is 0 Å². The number of ether oxygens (including phenoxy) is 1. The Morgan fingerprint density at radius 2 is 2.00 bits per heavy atom. The molecule has 0 aliphatic carbocycles. The molecule has 96 valence electrons. The first-order chi connectivity index (χ1) is 7.45. The van der Waals surface area contributed by atoms with E-state index >= 15 is 0 Å². The van der Waals surface area contributed by atoms with Gasteiger partial charge in [-0.15, -0.1) is 0 Å². The Hall–Kier alpha value is -0.320. The molecule has 2 nitrogen and oxygen atoms in total. The molecule has 5 heteroatoms. The average molecular weight is 254 g/mol. The maximum Gasteiger partial charge on any atom is 0.305 e. The molecule has 0 amide bonds. The predicted molar refractivity (Wildman–Crippen MR) is 63.0 cm³/mol. The number of carbonyl (C=O) groups excluding carboxylic acids is 1. The SMILES string of the molecule is CCC(=O)OCCSCCCCC(C)(F)F. The van der Waals surface area contributed by atoms with Crippen LogP contribution in [0.15, 0.2) is 0 Å². The molecule has 0 saturated carbocycles. The topological polar surface area (TPSA) is 26.3 Å². The van der Waals surface area contributed by atoms with Gasteiger partial charge in [-0.1, -0.05) is 6.92 Å². The van der Waals surface area contributed by atoms with Crippen LogP contribution in [0.2, 0.25) is 0 Å². The fraction of sp³-hybridized carbons (Fsp3) is 0.909. The summed E-state index contributed by atoms with van der Waals surface area (Å²) in [5.74, 6) is -1.14. The van der Waals surface area contributed by atoms with E-state index in [9.17, 15) is 13.6 Å². The lowest BCUT2D eigenvalue weighted by molar-refractivity contribution is -0.142. The zero-order valence-corrected chi connectivity index (χ0v) is 10.7. The first-order valence-electron chi connectivity index (χ1n) is 5.57. The number of halogens is 2. The largest absolute Gasteiger partial charge is 0.465 e. The van der Waals surface area contributed by atoms with Gasteiger partial charge in [0.15, 0.2) is 0 Å². The molecule has 0 atom stereocenters. The second-order valence-corrected chi connectivity index (χ2v) is 4.94. The highest BCUT2D eigenvalue weighted by atomic mass is 32.2. The van der Waals surface area contributed by atoms with E-state index in [1.165, 1.54) is 0 Å². The monoisotopic (exact) mass is 254 g/mol. The molecule has 16 heavy (non-hydrogen) atoms. The van der Waals surface area contributed by atoms with Gasteiger partial charge in [-0.3, -0.25) is 4.79 Å². The van der Waals surface area contributed by atoms with Crippen LogP contribution in [0.1, 0.15) is 39.5 Å². The van der Waals surface area contributed by atoms with Crippen molar-refractivity contribution in [1.82, 2.24) is 0 Å². The number of hydrogen-bond acceptors (Lipinski definition) is 3. The summed E-state index contributed by atoms with van der Waals surface area (Å²) in [6.07, 6.45) is 1.69. The van der Waals surface area contributed by atoms with Crippen LogP contribution in [0, 0.1) is 0 Å². The lowest BCUT2D eigenvalue weighted by Gasteiger charge is -2.09. The van der Waals surface area contributed by atoms with Gasteiger partial charge < -0.3 is 4.74 Å². The molecule has 0 spiro atoms. The van der Waals surface area contributed by atoms with Crippen LogP contribution in [-0.4, -0.2) is 30.0 Å². The number of esters is 1. The van der Waals surface area contributed by atoms with Crippen molar-refractivity contribution in [3.63, 3.8) is 0 Å². The van der Waals surface area contributed by atoms with E-state index in [1.807, 2.05) is 0 Å². The van der Waals surface area contributed by atoms with Crippen LogP contribution in [-0.2, 0) is 9.53 Å². The summed E-state index contributed by atoms with van der Waals surface area (Å²) >= 11 is 1.63. The Balaban J connectivity index is 3.13. The third-order valence-corrected chi connectivity index (χ3v) is 2.97. The third kappa shape index (κ3) is 11.8. The summed E-state index contributed by atoms with van der Waals surface area (Å²) in [6, 6.07) is 0. The molecule has 0 aliphatic rings. The standard InChI is InChI=1S/C11H20F2O2S/c1-3-10(14)15-7-9-16-8-5-4-6-11(2,12)13/h3-9H2,1-2H3. The van der Waals surface area contributed by atoms with Gasteiger partial charge in [0.05, 0.1) is 0 Å². The molecule has 0 unspecified atom stereocenters. The van der Waals surface area contributed by atoms with Crippen LogP contribution in [0.4, 0.5) is 8.78 Å². The highest BCUT2D eigenvalue weighted by Gasteiger charge is 2.19. The van der Waals surface area contributed by atoms with E-state index < -0.39 is 5.92 Å². The number of hydrogen-bond donors (Lipinski definition) is 0. The van der Waals surface area contributed by atoms with E-state index in [1.54, 1.807) is 18.7 Å². The van der Waals surface area contributed by atoms with Gasteiger partial charge in [0, 0.05) is 18.6 Å². The molecular weight excluding hydrogens is 234 g/mol. The number of rotatable bonds is 9. The van der Waals surface area contributed by atoms with Crippen LogP contribution >= 0.6 is 11.8 Å². The Labute approximate surface area is 100 Å². The average Bonchev–Trinajstić information content (AvgIpc) is 2.20. The van der Waals surface area contributed by atoms with Crippen molar-refractivity contribution in [2.75, 3.05) is 18.1 Å². The zero-order chi connectivity index (χ0) is 12.4. The first kappa shape index (κ1) is 15.7. The summed E-state index contributed by atoms with van der Waals surface area (Å²) in [5.41, 5.74) is 0. The van der Waals surface area contributed by atoms with Gasteiger partial charge in [0.1, 0.15) is 6.61 Å². The van der Waals surface area contributed by atoms with Crippen molar-refractivity contribution < 1.29 is 18.3 Å². The van der Waals surface area contributed by atoms with Crippen LogP contribution in [0.5, 0.6) is 0 Å². The minimum Gasteiger partial charge on any atom is -0.465 e. The number of carbonyl (C=O) groups is 1. The van der Waals surface area contributed by atoms with Crippen molar-refractivity contribution in [3.05, 3.63) is 0 Å².